The first-order chi connectivity index (χ1) is 16.9. The van der Waals surface area contributed by atoms with Gasteiger partial charge >= 0.3 is 6.03 Å². The maximum absolute atomic E-state index is 13.2. The number of piperidine rings is 1. The number of carbonyl (C=O) groups is 1. The van der Waals surface area contributed by atoms with Crippen molar-refractivity contribution in [2.24, 2.45) is 0 Å². The molecule has 184 valence electrons. The molecule has 7 nitrogen and oxygen atoms in total. The van der Waals surface area contributed by atoms with Crippen LogP contribution in [0.4, 0.5) is 4.79 Å². The summed E-state index contributed by atoms with van der Waals surface area (Å²) in [5, 5.41) is 26.2. The molecule has 7 heteroatoms. The molecule has 1 saturated carbocycles. The molecule has 2 aliphatic carbocycles. The molecule has 0 aromatic heterocycles. The van der Waals surface area contributed by atoms with E-state index in [0.717, 1.165) is 29.8 Å². The van der Waals surface area contributed by atoms with Gasteiger partial charge in [-0.15, -0.1) is 6.58 Å². The van der Waals surface area contributed by atoms with Crippen LogP contribution in [0.5, 0.6) is 11.5 Å². The second-order valence-corrected chi connectivity index (χ2v) is 10.5. The average Bonchev–Trinajstić information content (AvgIpc) is 3.22. The summed E-state index contributed by atoms with van der Waals surface area (Å²) in [7, 11) is 1.81. The van der Waals surface area contributed by atoms with Crippen molar-refractivity contribution in [2.45, 2.75) is 61.4 Å². The summed E-state index contributed by atoms with van der Waals surface area (Å²) in [4.78, 5) is 17.3. The van der Waals surface area contributed by atoms with Crippen molar-refractivity contribution in [1.82, 2.24) is 15.1 Å². The minimum atomic E-state index is -0.997. The Balaban J connectivity index is 1.36. The maximum Gasteiger partial charge on any atom is 0.317 e. The van der Waals surface area contributed by atoms with Crippen LogP contribution in [0.25, 0.3) is 0 Å². The molecule has 2 fully saturated rings. The first kappa shape index (κ1) is 22.4. The number of ether oxygens (including phenoxy) is 1. The standard InChI is InChI=1S/C28H33N3O4/c1-3-14-31-15-13-27-23-19-9-10-21(32)24(23)35-25(27)20(11-12-28(27,34)22(31)16-19)30(2)26(33)29-17-18-7-5-4-6-8-18/h3-10,20,22,25,32,34H,1,11-17H2,2H3,(H,29,33)/t20-,22+,25-,27-,28+/m0/s1. The number of nitrogens with one attached hydrogen (secondary N) is 1. The highest BCUT2D eigenvalue weighted by molar-refractivity contribution is 5.75. The number of likely N-dealkylation sites (N-methyl/N-ethyl adjacent to an activating group) is 1. The van der Waals surface area contributed by atoms with Gasteiger partial charge in [-0.25, -0.2) is 4.79 Å². The number of hydrogen-bond acceptors (Lipinski definition) is 5. The van der Waals surface area contributed by atoms with Gasteiger partial charge in [-0.1, -0.05) is 42.5 Å². The van der Waals surface area contributed by atoms with Crippen molar-refractivity contribution in [3.05, 3.63) is 71.8 Å². The Bertz CT molecular complexity index is 1170. The van der Waals surface area contributed by atoms with Crippen LogP contribution in [-0.4, -0.2) is 70.0 Å². The van der Waals surface area contributed by atoms with E-state index in [-0.39, 0.29) is 23.9 Å². The Kier molecular flexibility index (Phi) is 5.13. The first-order valence-electron chi connectivity index (χ1n) is 12.5. The lowest BCUT2D eigenvalue weighted by molar-refractivity contribution is -0.195. The van der Waals surface area contributed by atoms with Crippen molar-refractivity contribution < 1.29 is 19.7 Å². The SMILES string of the molecule is C=CCN1CC[C@]23c4c5ccc(O)c4O[C@H]2[C@@H](N(C)C(=O)NCc2ccccc2)CC[C@@]3(O)[C@H]1C5. The number of benzene rings is 2. The molecule has 6 rings (SSSR count). The molecule has 0 unspecified atom stereocenters. The Morgan fingerprint density at radius 1 is 1.29 bits per heavy atom. The van der Waals surface area contributed by atoms with Gasteiger partial charge in [0.2, 0.25) is 0 Å². The highest BCUT2D eigenvalue weighted by Crippen LogP contribution is 2.65. The van der Waals surface area contributed by atoms with E-state index in [1.54, 1.807) is 11.0 Å². The molecule has 2 bridgehead atoms. The number of aromatic hydroxyl groups is 1. The molecule has 1 saturated heterocycles. The molecule has 2 aromatic rings. The van der Waals surface area contributed by atoms with Gasteiger partial charge in [0.1, 0.15) is 6.10 Å². The highest BCUT2D eigenvalue weighted by atomic mass is 16.5. The Morgan fingerprint density at radius 3 is 2.86 bits per heavy atom. The van der Waals surface area contributed by atoms with Crippen LogP contribution in [0, 0.1) is 0 Å². The molecule has 2 aromatic carbocycles. The molecule has 2 aliphatic heterocycles. The summed E-state index contributed by atoms with van der Waals surface area (Å²) in [6, 6.07) is 13.1. The van der Waals surface area contributed by atoms with Crippen LogP contribution < -0.4 is 10.1 Å². The number of amides is 2. The number of aliphatic hydroxyl groups is 1. The Labute approximate surface area is 206 Å². The van der Waals surface area contributed by atoms with E-state index >= 15 is 0 Å². The Morgan fingerprint density at radius 2 is 2.09 bits per heavy atom. The van der Waals surface area contributed by atoms with Crippen molar-refractivity contribution in [3.63, 3.8) is 0 Å². The first-order valence-corrected chi connectivity index (χ1v) is 12.5. The van der Waals surface area contributed by atoms with Gasteiger partial charge < -0.3 is 25.2 Å². The number of rotatable bonds is 5. The molecule has 35 heavy (non-hydrogen) atoms. The predicted molar refractivity (Wildman–Crippen MR) is 132 cm³/mol. The normalized spacial score (nSPS) is 32.3. The summed E-state index contributed by atoms with van der Waals surface area (Å²) >= 11 is 0. The van der Waals surface area contributed by atoms with Gasteiger partial charge in [-0.05, 0) is 49.4 Å². The van der Waals surface area contributed by atoms with E-state index in [9.17, 15) is 15.0 Å². The predicted octanol–water partition coefficient (Wildman–Crippen LogP) is 2.94. The van der Waals surface area contributed by atoms with Crippen molar-refractivity contribution >= 4 is 6.03 Å². The average molecular weight is 476 g/mol. The zero-order valence-corrected chi connectivity index (χ0v) is 20.1. The van der Waals surface area contributed by atoms with E-state index in [0.29, 0.717) is 38.0 Å². The third kappa shape index (κ3) is 3.01. The van der Waals surface area contributed by atoms with Gasteiger partial charge in [0.15, 0.2) is 11.5 Å². The molecule has 0 radical (unpaired) electrons. The van der Waals surface area contributed by atoms with Crippen LogP contribution >= 0.6 is 0 Å². The number of phenolic OH excluding ortho intramolecular Hbond substituents is 1. The molecule has 1 spiro atoms. The van der Waals surface area contributed by atoms with Gasteiger partial charge in [0.05, 0.1) is 17.1 Å². The van der Waals surface area contributed by atoms with Crippen molar-refractivity contribution in [1.29, 1.82) is 0 Å². The van der Waals surface area contributed by atoms with Gasteiger partial charge in [-0.2, -0.15) is 0 Å². The summed E-state index contributed by atoms with van der Waals surface area (Å²) in [6.07, 6.45) is 4.09. The third-order valence-electron chi connectivity index (χ3n) is 9.01. The lowest BCUT2D eigenvalue weighted by Gasteiger charge is -2.64. The van der Waals surface area contributed by atoms with Crippen LogP contribution in [0.2, 0.25) is 0 Å². The monoisotopic (exact) mass is 475 g/mol. The lowest BCUT2D eigenvalue weighted by atomic mass is 9.48. The van der Waals surface area contributed by atoms with E-state index in [1.807, 2.05) is 49.5 Å². The fourth-order valence-electron chi connectivity index (χ4n) is 7.43. The second-order valence-electron chi connectivity index (χ2n) is 10.5. The van der Waals surface area contributed by atoms with Crippen LogP contribution in [0.3, 0.4) is 0 Å². The molecule has 2 amide bonds. The summed E-state index contributed by atoms with van der Waals surface area (Å²) < 4.78 is 6.55. The quantitative estimate of drug-likeness (QED) is 0.579. The molecule has 4 aliphatic rings. The topological polar surface area (TPSA) is 85.3 Å². The summed E-state index contributed by atoms with van der Waals surface area (Å²) in [5.74, 6) is 0.600. The minimum absolute atomic E-state index is 0.0542. The van der Waals surface area contributed by atoms with Gasteiger partial charge in [0.25, 0.3) is 0 Å². The van der Waals surface area contributed by atoms with Gasteiger partial charge in [-0.3, -0.25) is 4.90 Å². The fraction of sp³-hybridized carbons (Fsp3) is 0.464. The molecule has 5 atom stereocenters. The number of carbonyl (C=O) groups excluding carboxylic acids is 1. The number of urea groups is 1. The van der Waals surface area contributed by atoms with Crippen molar-refractivity contribution in [3.8, 4) is 11.5 Å². The Hall–Kier alpha value is -3.03. The van der Waals surface area contributed by atoms with E-state index in [4.69, 9.17) is 4.74 Å². The van der Waals surface area contributed by atoms with E-state index in [1.165, 1.54) is 0 Å². The molecule has 2 heterocycles. The maximum atomic E-state index is 13.2. The molecular weight excluding hydrogens is 442 g/mol. The second kappa shape index (κ2) is 8.00. The number of phenols is 1. The molecule has 3 N–H and O–H groups in total. The smallest absolute Gasteiger partial charge is 0.317 e. The fourth-order valence-corrected chi connectivity index (χ4v) is 7.43. The summed E-state index contributed by atoms with van der Waals surface area (Å²) in [6.45, 7) is 5.91. The largest absolute Gasteiger partial charge is 0.504 e. The molecular formula is C28H33N3O4. The zero-order valence-electron chi connectivity index (χ0n) is 20.1. The summed E-state index contributed by atoms with van der Waals surface area (Å²) in [5.41, 5.74) is 1.47. The zero-order chi connectivity index (χ0) is 24.4. The third-order valence-corrected chi connectivity index (χ3v) is 9.01. The highest BCUT2D eigenvalue weighted by Gasteiger charge is 2.73. The van der Waals surface area contributed by atoms with Gasteiger partial charge in [0, 0.05) is 31.7 Å². The van der Waals surface area contributed by atoms with Crippen LogP contribution in [0.1, 0.15) is 36.0 Å². The van der Waals surface area contributed by atoms with Crippen molar-refractivity contribution in [2.75, 3.05) is 20.1 Å². The number of likely N-dealkylation sites (tertiary alicyclic amines) is 1. The van der Waals surface area contributed by atoms with Crippen LogP contribution in [0.15, 0.2) is 55.1 Å². The lowest BCUT2D eigenvalue weighted by Crippen LogP contribution is -2.78. The van der Waals surface area contributed by atoms with E-state index in [2.05, 4.69) is 16.8 Å². The number of hydrogen-bond donors (Lipinski definition) is 3. The van der Waals surface area contributed by atoms with Crippen LogP contribution in [-0.2, 0) is 18.4 Å². The minimum Gasteiger partial charge on any atom is -0.504 e. The number of nitrogens with zero attached hydrogens (tertiary/aromatic N) is 2. The van der Waals surface area contributed by atoms with E-state index < -0.39 is 17.1 Å².